The molecule has 0 radical (unpaired) electrons. The number of hydrogen-bond donors (Lipinski definition) is 1. The molecule has 5 aromatic rings. The van der Waals surface area contributed by atoms with Crippen molar-refractivity contribution in [3.63, 3.8) is 0 Å². The van der Waals surface area contributed by atoms with Gasteiger partial charge in [0, 0.05) is 42.5 Å². The van der Waals surface area contributed by atoms with Gasteiger partial charge in [0.2, 0.25) is 5.89 Å². The lowest BCUT2D eigenvalue weighted by molar-refractivity contribution is 0.0937. The zero-order valence-electron chi connectivity index (χ0n) is 20.3. The van der Waals surface area contributed by atoms with Gasteiger partial charge in [-0.3, -0.25) is 4.79 Å². The quantitative estimate of drug-likeness (QED) is 0.416. The molecule has 0 saturated heterocycles. The van der Waals surface area contributed by atoms with Crippen LogP contribution in [0.15, 0.2) is 53.8 Å². The molecule has 0 spiro atoms. The number of hydrogen-bond acceptors (Lipinski definition) is 7. The molecule has 4 aromatic heterocycles. The molecule has 0 fully saturated rings. The average molecular weight is 471 g/mol. The van der Waals surface area contributed by atoms with Crippen molar-refractivity contribution in [1.29, 1.82) is 0 Å². The maximum atomic E-state index is 12.5. The van der Waals surface area contributed by atoms with Crippen LogP contribution in [0, 0.1) is 6.92 Å². The Balaban J connectivity index is 1.36. The highest BCUT2D eigenvalue weighted by Gasteiger charge is 2.24. The third-order valence-corrected chi connectivity index (χ3v) is 5.73. The van der Waals surface area contributed by atoms with Crippen LogP contribution >= 0.6 is 0 Å². The molecular formula is C25H26N8O2. The van der Waals surface area contributed by atoms with Gasteiger partial charge >= 0.3 is 0 Å². The van der Waals surface area contributed by atoms with Crippen molar-refractivity contribution >= 4 is 11.4 Å². The fourth-order valence-corrected chi connectivity index (χ4v) is 3.77. The van der Waals surface area contributed by atoms with Crippen LogP contribution in [-0.2, 0) is 19.0 Å². The molecule has 0 atom stereocenters. The molecule has 4 heterocycles. The Hall–Kier alpha value is -4.34. The monoisotopic (exact) mass is 470 g/mol. The van der Waals surface area contributed by atoms with Gasteiger partial charge in [0.05, 0.1) is 23.2 Å². The third-order valence-electron chi connectivity index (χ3n) is 5.73. The van der Waals surface area contributed by atoms with Crippen molar-refractivity contribution in [1.82, 2.24) is 39.6 Å². The van der Waals surface area contributed by atoms with E-state index in [-0.39, 0.29) is 17.1 Å². The van der Waals surface area contributed by atoms with Gasteiger partial charge in [-0.05, 0) is 30.2 Å². The Morgan fingerprint density at radius 1 is 1.11 bits per heavy atom. The van der Waals surface area contributed by atoms with Crippen molar-refractivity contribution in [3.8, 4) is 22.5 Å². The Morgan fingerprint density at radius 3 is 2.63 bits per heavy atom. The van der Waals surface area contributed by atoms with Gasteiger partial charge in [0.15, 0.2) is 0 Å². The number of fused-ring (bicyclic) bond motifs is 1. The Morgan fingerprint density at radius 2 is 1.94 bits per heavy atom. The number of benzene rings is 1. The summed E-state index contributed by atoms with van der Waals surface area (Å²) in [4.78, 5) is 25.7. The first-order valence-electron chi connectivity index (χ1n) is 11.2. The molecule has 10 nitrogen and oxygen atoms in total. The molecule has 1 N–H and O–H groups in total. The molecule has 1 aromatic carbocycles. The van der Waals surface area contributed by atoms with Crippen LogP contribution in [-0.4, -0.2) is 40.2 Å². The molecule has 178 valence electrons. The molecule has 35 heavy (non-hydrogen) atoms. The summed E-state index contributed by atoms with van der Waals surface area (Å²) in [6.45, 7) is 8.20. The van der Waals surface area contributed by atoms with E-state index in [2.05, 4.69) is 36.6 Å². The summed E-state index contributed by atoms with van der Waals surface area (Å²) in [5.41, 5.74) is 6.21. The first kappa shape index (κ1) is 22.5. The molecule has 1 amide bonds. The lowest BCUT2D eigenvalue weighted by Gasteiger charge is -2.10. The second-order valence-electron chi connectivity index (χ2n) is 9.59. The molecule has 0 saturated carbocycles. The molecule has 5 rings (SSSR count). The summed E-state index contributed by atoms with van der Waals surface area (Å²) in [6.07, 6.45) is 7.23. The summed E-state index contributed by atoms with van der Waals surface area (Å²) >= 11 is 0. The van der Waals surface area contributed by atoms with Crippen molar-refractivity contribution in [2.75, 3.05) is 0 Å². The Kier molecular flexibility index (Phi) is 5.43. The lowest BCUT2D eigenvalue weighted by Crippen LogP contribution is -2.24. The van der Waals surface area contributed by atoms with Crippen molar-refractivity contribution in [2.24, 2.45) is 7.05 Å². The van der Waals surface area contributed by atoms with E-state index in [9.17, 15) is 4.79 Å². The summed E-state index contributed by atoms with van der Waals surface area (Å²) in [6, 6.07) is 8.08. The Bertz CT molecular complexity index is 1540. The number of rotatable bonds is 5. The molecule has 0 aliphatic heterocycles. The fraction of sp³-hybridized carbons (Fsp3) is 0.280. The predicted octanol–water partition coefficient (Wildman–Crippen LogP) is 3.72. The standard InChI is InChI=1S/C25H26N8O2/c1-15-8-16(6-7-17(15)10-26-23(34)22-30-24(35-31-22)25(2,3)4)21-20-9-18(11-33(20)29-13-27-21)19-12-32(5)14-28-19/h6-9,11-14H,10H2,1-5H3,(H,26,34). The molecule has 0 unspecified atom stereocenters. The van der Waals surface area contributed by atoms with E-state index in [1.54, 1.807) is 12.7 Å². The van der Waals surface area contributed by atoms with Gasteiger partial charge in [-0.2, -0.15) is 10.1 Å². The molecule has 0 bridgehead atoms. The number of nitrogens with zero attached hydrogens (tertiary/aromatic N) is 7. The SMILES string of the molecule is Cc1cc(-c2ncnn3cc(-c4cn(C)cn4)cc23)ccc1CNC(=O)c1noc(C(C)(C)C)n1. The lowest BCUT2D eigenvalue weighted by atomic mass is 9.97. The number of aryl methyl sites for hydroxylation is 2. The maximum absolute atomic E-state index is 12.5. The van der Waals surface area contributed by atoms with Crippen LogP contribution in [0.2, 0.25) is 0 Å². The highest BCUT2D eigenvalue weighted by molar-refractivity contribution is 5.90. The van der Waals surface area contributed by atoms with Gasteiger partial charge < -0.3 is 14.4 Å². The van der Waals surface area contributed by atoms with E-state index in [0.717, 1.165) is 39.2 Å². The topological polar surface area (TPSA) is 116 Å². The van der Waals surface area contributed by atoms with Crippen molar-refractivity contribution in [3.05, 3.63) is 72.2 Å². The minimum atomic E-state index is -0.375. The minimum Gasteiger partial charge on any atom is -0.345 e. The normalized spacial score (nSPS) is 11.8. The average Bonchev–Trinajstić information content (AvgIpc) is 3.56. The second-order valence-corrected chi connectivity index (χ2v) is 9.59. The van der Waals surface area contributed by atoms with E-state index < -0.39 is 0 Å². The summed E-state index contributed by atoms with van der Waals surface area (Å²) in [7, 11) is 1.94. The van der Waals surface area contributed by atoms with Gasteiger partial charge in [0.25, 0.3) is 11.7 Å². The third kappa shape index (κ3) is 4.42. The number of nitrogens with one attached hydrogen (secondary N) is 1. The minimum absolute atomic E-state index is 0.0320. The van der Waals surface area contributed by atoms with Crippen LogP contribution in [0.5, 0.6) is 0 Å². The molecule has 0 aliphatic rings. The fourth-order valence-electron chi connectivity index (χ4n) is 3.77. The smallest absolute Gasteiger partial charge is 0.292 e. The first-order chi connectivity index (χ1) is 16.7. The molecule has 10 heteroatoms. The summed E-state index contributed by atoms with van der Waals surface area (Å²) in [5, 5.41) is 11.0. The highest BCUT2D eigenvalue weighted by atomic mass is 16.5. The summed E-state index contributed by atoms with van der Waals surface area (Å²) in [5.74, 6) is 0.0842. The van der Waals surface area contributed by atoms with E-state index in [1.807, 2.05) is 74.4 Å². The number of carbonyl (C=O) groups excluding carboxylic acids is 1. The van der Waals surface area contributed by atoms with Crippen LogP contribution in [0.4, 0.5) is 0 Å². The van der Waals surface area contributed by atoms with Crippen LogP contribution in [0.1, 0.15) is 48.4 Å². The van der Waals surface area contributed by atoms with Crippen LogP contribution in [0.25, 0.3) is 28.0 Å². The van der Waals surface area contributed by atoms with E-state index >= 15 is 0 Å². The van der Waals surface area contributed by atoms with Crippen LogP contribution < -0.4 is 5.32 Å². The Labute approximate surface area is 202 Å². The highest BCUT2D eigenvalue weighted by Crippen LogP contribution is 2.28. The maximum Gasteiger partial charge on any atom is 0.292 e. The molecular weight excluding hydrogens is 444 g/mol. The predicted molar refractivity (Wildman–Crippen MR) is 130 cm³/mol. The molecule has 0 aliphatic carbocycles. The van der Waals surface area contributed by atoms with Gasteiger partial charge in [-0.15, -0.1) is 0 Å². The largest absolute Gasteiger partial charge is 0.345 e. The number of carbonyl (C=O) groups is 1. The number of amides is 1. The van der Waals surface area contributed by atoms with E-state index in [0.29, 0.717) is 12.4 Å². The van der Waals surface area contributed by atoms with E-state index in [4.69, 9.17) is 4.52 Å². The zero-order valence-corrected chi connectivity index (χ0v) is 20.3. The number of imidazole rings is 1. The van der Waals surface area contributed by atoms with Gasteiger partial charge in [-0.1, -0.05) is 38.1 Å². The van der Waals surface area contributed by atoms with E-state index in [1.165, 1.54) is 0 Å². The van der Waals surface area contributed by atoms with Crippen molar-refractivity contribution < 1.29 is 9.32 Å². The number of aromatic nitrogens is 7. The van der Waals surface area contributed by atoms with Gasteiger partial charge in [-0.25, -0.2) is 14.5 Å². The van der Waals surface area contributed by atoms with Gasteiger partial charge in [0.1, 0.15) is 6.33 Å². The van der Waals surface area contributed by atoms with Crippen molar-refractivity contribution in [2.45, 2.75) is 39.7 Å². The first-order valence-corrected chi connectivity index (χ1v) is 11.2. The second kappa shape index (κ2) is 8.46. The van der Waals surface area contributed by atoms with Crippen LogP contribution in [0.3, 0.4) is 0 Å². The summed E-state index contributed by atoms with van der Waals surface area (Å²) < 4.78 is 8.94. The zero-order chi connectivity index (χ0) is 24.7.